The molecule has 0 aromatic carbocycles. The standard InChI is InChI=1S/C5H5N5.C2H6/c1-4-2-5-7-8-9-10(5)6-3-4;1-2/h2-3H,1H3;1-2H3. The zero-order chi connectivity index (χ0) is 8.97. The molecule has 0 fully saturated rings. The van der Waals surface area contributed by atoms with E-state index < -0.39 is 0 Å². The van der Waals surface area contributed by atoms with Gasteiger partial charge < -0.3 is 0 Å². The SMILES string of the molecule is CC.Cc1cnn2nnnc2c1. The molecule has 0 N–H and O–H groups in total. The topological polar surface area (TPSA) is 56.0 Å². The van der Waals surface area contributed by atoms with Crippen LogP contribution in [-0.4, -0.2) is 25.3 Å². The maximum absolute atomic E-state index is 3.92. The first kappa shape index (κ1) is 8.58. The third-order valence-corrected chi connectivity index (χ3v) is 1.20. The highest BCUT2D eigenvalue weighted by Gasteiger charge is 1.94. The highest BCUT2D eigenvalue weighted by Crippen LogP contribution is 1.96. The van der Waals surface area contributed by atoms with Crippen LogP contribution in [0.15, 0.2) is 12.3 Å². The first-order valence-corrected chi connectivity index (χ1v) is 3.87. The third-order valence-electron chi connectivity index (χ3n) is 1.20. The summed E-state index contributed by atoms with van der Waals surface area (Å²) in [5.41, 5.74) is 1.74. The van der Waals surface area contributed by atoms with Gasteiger partial charge in [0, 0.05) is 0 Å². The second-order valence-corrected chi connectivity index (χ2v) is 2.06. The molecule has 0 aliphatic heterocycles. The van der Waals surface area contributed by atoms with Gasteiger partial charge in [0.1, 0.15) is 0 Å². The molecule has 0 aliphatic carbocycles. The average Bonchev–Trinajstić information content (AvgIpc) is 2.54. The van der Waals surface area contributed by atoms with Gasteiger partial charge in [-0.3, -0.25) is 0 Å². The van der Waals surface area contributed by atoms with Gasteiger partial charge in [0.2, 0.25) is 0 Å². The van der Waals surface area contributed by atoms with E-state index in [-0.39, 0.29) is 0 Å². The fourth-order valence-electron chi connectivity index (χ4n) is 0.745. The van der Waals surface area contributed by atoms with Gasteiger partial charge in [-0.1, -0.05) is 13.8 Å². The molecule has 0 amide bonds. The van der Waals surface area contributed by atoms with Crippen LogP contribution in [0.1, 0.15) is 19.4 Å². The first-order chi connectivity index (χ1) is 5.86. The van der Waals surface area contributed by atoms with Crippen LogP contribution in [0.3, 0.4) is 0 Å². The lowest BCUT2D eigenvalue weighted by Crippen LogP contribution is -1.92. The highest BCUT2D eigenvalue weighted by atomic mass is 15.6. The molecule has 5 nitrogen and oxygen atoms in total. The summed E-state index contributed by atoms with van der Waals surface area (Å²) >= 11 is 0. The lowest BCUT2D eigenvalue weighted by Gasteiger charge is -1.87. The molecule has 0 unspecified atom stereocenters. The molecule has 5 heteroatoms. The van der Waals surface area contributed by atoms with Crippen molar-refractivity contribution in [3.63, 3.8) is 0 Å². The molecular weight excluding hydrogens is 154 g/mol. The summed E-state index contributed by atoms with van der Waals surface area (Å²) < 4.78 is 1.38. The van der Waals surface area contributed by atoms with E-state index in [1.54, 1.807) is 6.20 Å². The molecule has 64 valence electrons. The van der Waals surface area contributed by atoms with Crippen LogP contribution in [-0.2, 0) is 0 Å². The van der Waals surface area contributed by atoms with Crippen molar-refractivity contribution < 1.29 is 0 Å². The molecular formula is C7H11N5. The van der Waals surface area contributed by atoms with Crippen molar-refractivity contribution >= 4 is 5.65 Å². The first-order valence-electron chi connectivity index (χ1n) is 3.87. The maximum Gasteiger partial charge on any atom is 0.200 e. The Labute approximate surface area is 70.4 Å². The minimum atomic E-state index is 0.681. The number of aromatic nitrogens is 5. The smallest absolute Gasteiger partial charge is 0.155 e. The summed E-state index contributed by atoms with van der Waals surface area (Å²) in [6.07, 6.45) is 1.71. The normalized spacial score (nSPS) is 9.25. The van der Waals surface area contributed by atoms with Crippen LogP contribution in [0.5, 0.6) is 0 Å². The van der Waals surface area contributed by atoms with Crippen LogP contribution < -0.4 is 0 Å². The Morgan fingerprint density at radius 3 is 2.83 bits per heavy atom. The summed E-state index contributed by atoms with van der Waals surface area (Å²) in [4.78, 5) is 0. The molecule has 0 spiro atoms. The Balaban J connectivity index is 0.000000336. The van der Waals surface area contributed by atoms with E-state index in [2.05, 4.69) is 20.6 Å². The Morgan fingerprint density at radius 2 is 2.08 bits per heavy atom. The molecule has 0 aliphatic rings. The van der Waals surface area contributed by atoms with Gasteiger partial charge in [0.15, 0.2) is 5.65 Å². The molecule has 0 saturated carbocycles. The van der Waals surface area contributed by atoms with Crippen molar-refractivity contribution in [2.24, 2.45) is 0 Å². The van der Waals surface area contributed by atoms with Gasteiger partial charge in [-0.05, 0) is 29.0 Å². The van der Waals surface area contributed by atoms with Crippen molar-refractivity contribution in [3.05, 3.63) is 17.8 Å². The number of hydrogen-bond donors (Lipinski definition) is 0. The van der Waals surface area contributed by atoms with E-state index in [0.29, 0.717) is 5.65 Å². The predicted molar refractivity (Wildman–Crippen MR) is 44.7 cm³/mol. The molecule has 12 heavy (non-hydrogen) atoms. The Bertz CT molecular complexity index is 353. The molecule has 0 saturated heterocycles. The minimum absolute atomic E-state index is 0.681. The molecule has 2 heterocycles. The van der Waals surface area contributed by atoms with Crippen LogP contribution in [0.25, 0.3) is 5.65 Å². The predicted octanol–water partition coefficient (Wildman–Crippen LogP) is 0.854. The number of fused-ring (bicyclic) bond motifs is 1. The lowest BCUT2D eigenvalue weighted by molar-refractivity contribution is 0.731. The Hall–Kier alpha value is -1.52. The second kappa shape index (κ2) is 3.75. The van der Waals surface area contributed by atoms with Crippen LogP contribution in [0.2, 0.25) is 0 Å². The Kier molecular flexibility index (Phi) is 2.68. The number of nitrogens with zero attached hydrogens (tertiary/aromatic N) is 5. The molecule has 0 atom stereocenters. The quantitative estimate of drug-likeness (QED) is 0.580. The fourth-order valence-corrected chi connectivity index (χ4v) is 0.745. The monoisotopic (exact) mass is 165 g/mol. The van der Waals surface area contributed by atoms with E-state index in [0.717, 1.165) is 5.56 Å². The third kappa shape index (κ3) is 1.55. The molecule has 0 bridgehead atoms. The molecule has 0 radical (unpaired) electrons. The van der Waals surface area contributed by atoms with Crippen molar-refractivity contribution in [2.45, 2.75) is 20.8 Å². The van der Waals surface area contributed by atoms with Crippen LogP contribution in [0, 0.1) is 6.92 Å². The maximum atomic E-state index is 3.92. The van der Waals surface area contributed by atoms with Crippen LogP contribution in [0.4, 0.5) is 0 Å². The highest BCUT2D eigenvalue weighted by molar-refractivity contribution is 5.35. The van der Waals surface area contributed by atoms with E-state index >= 15 is 0 Å². The number of hydrogen-bond acceptors (Lipinski definition) is 4. The lowest BCUT2D eigenvalue weighted by atomic mass is 10.3. The number of tetrazole rings is 1. The van der Waals surface area contributed by atoms with Gasteiger partial charge in [-0.25, -0.2) is 0 Å². The number of aryl methyl sites for hydroxylation is 1. The minimum Gasteiger partial charge on any atom is -0.155 e. The molecule has 2 aromatic heterocycles. The number of rotatable bonds is 0. The van der Waals surface area contributed by atoms with E-state index in [4.69, 9.17) is 0 Å². The van der Waals surface area contributed by atoms with E-state index in [1.165, 1.54) is 4.63 Å². The fraction of sp³-hybridized carbons (Fsp3) is 0.429. The second-order valence-electron chi connectivity index (χ2n) is 2.06. The van der Waals surface area contributed by atoms with Gasteiger partial charge in [-0.2, -0.15) is 5.10 Å². The molecule has 2 aromatic rings. The Morgan fingerprint density at radius 1 is 1.33 bits per heavy atom. The van der Waals surface area contributed by atoms with Gasteiger partial charge in [-0.15, -0.1) is 9.73 Å². The average molecular weight is 165 g/mol. The van der Waals surface area contributed by atoms with Crippen LogP contribution >= 0.6 is 0 Å². The zero-order valence-electron chi connectivity index (χ0n) is 7.39. The van der Waals surface area contributed by atoms with Gasteiger partial charge in [0.25, 0.3) is 0 Å². The molecule has 2 rings (SSSR count). The van der Waals surface area contributed by atoms with Gasteiger partial charge >= 0.3 is 0 Å². The van der Waals surface area contributed by atoms with Crippen molar-refractivity contribution in [2.75, 3.05) is 0 Å². The summed E-state index contributed by atoms with van der Waals surface area (Å²) in [7, 11) is 0. The van der Waals surface area contributed by atoms with E-state index in [9.17, 15) is 0 Å². The van der Waals surface area contributed by atoms with Crippen molar-refractivity contribution in [1.82, 2.24) is 25.3 Å². The van der Waals surface area contributed by atoms with Crippen molar-refractivity contribution in [1.29, 1.82) is 0 Å². The summed E-state index contributed by atoms with van der Waals surface area (Å²) in [6, 6.07) is 1.87. The summed E-state index contributed by atoms with van der Waals surface area (Å²) in [6.45, 7) is 5.95. The largest absolute Gasteiger partial charge is 0.200 e. The zero-order valence-corrected chi connectivity index (χ0v) is 7.39. The van der Waals surface area contributed by atoms with Crippen molar-refractivity contribution in [3.8, 4) is 0 Å². The summed E-state index contributed by atoms with van der Waals surface area (Å²) in [5, 5.41) is 14.7. The summed E-state index contributed by atoms with van der Waals surface area (Å²) in [5.74, 6) is 0. The van der Waals surface area contributed by atoms with Gasteiger partial charge in [0.05, 0.1) is 6.20 Å². The van der Waals surface area contributed by atoms with E-state index in [1.807, 2.05) is 26.8 Å².